The number of benzene rings is 1. The second-order valence-electron chi connectivity index (χ2n) is 7.21. The first-order chi connectivity index (χ1) is 11.3. The highest BCUT2D eigenvalue weighted by Crippen LogP contribution is 2.36. The fourth-order valence-corrected chi connectivity index (χ4v) is 3.76. The van der Waals surface area contributed by atoms with Crippen LogP contribution in [0.5, 0.6) is 0 Å². The summed E-state index contributed by atoms with van der Waals surface area (Å²) in [7, 11) is 0. The van der Waals surface area contributed by atoms with E-state index in [1.807, 2.05) is 30.5 Å². The van der Waals surface area contributed by atoms with Crippen molar-refractivity contribution in [1.29, 1.82) is 5.26 Å². The Morgan fingerprint density at radius 3 is 2.71 bits per heavy atom. The molecule has 0 N–H and O–H groups in total. The molecule has 2 heterocycles. The second-order valence-corrected chi connectivity index (χ2v) is 8.16. The molecule has 1 unspecified atom stereocenters. The van der Waals surface area contributed by atoms with Gasteiger partial charge in [-0.3, -0.25) is 4.79 Å². The van der Waals surface area contributed by atoms with Crippen LogP contribution in [0, 0.1) is 18.3 Å². The third-order valence-corrected chi connectivity index (χ3v) is 5.40. The summed E-state index contributed by atoms with van der Waals surface area (Å²) in [6.07, 6.45) is 0.683. The Hall–Kier alpha value is -2.19. The van der Waals surface area contributed by atoms with E-state index >= 15 is 0 Å². The molecule has 0 bridgehead atoms. The van der Waals surface area contributed by atoms with Crippen molar-refractivity contribution in [3.63, 3.8) is 0 Å². The molecule has 5 heteroatoms. The molecule has 0 radical (unpaired) electrons. The van der Waals surface area contributed by atoms with Crippen LogP contribution in [0.2, 0.25) is 0 Å². The standard InChI is InChI=1S/C19H21N3OS/c1-12-11-24-17(21-12)7-8-22-16(10-20)15-9-13(19(2,3)4)5-6-14(15)18(22)23/h5-6,9,11,16H,7-8H2,1-4H3. The zero-order valence-corrected chi connectivity index (χ0v) is 15.3. The average Bonchev–Trinajstić information content (AvgIpc) is 3.05. The van der Waals surface area contributed by atoms with E-state index in [2.05, 4.69) is 31.8 Å². The molecule has 1 aliphatic heterocycles. The van der Waals surface area contributed by atoms with E-state index in [1.54, 1.807) is 16.2 Å². The molecule has 1 aromatic carbocycles. The normalized spacial score (nSPS) is 17.0. The summed E-state index contributed by atoms with van der Waals surface area (Å²) in [5.74, 6) is -0.0507. The minimum atomic E-state index is -0.504. The molecular weight excluding hydrogens is 318 g/mol. The van der Waals surface area contributed by atoms with Crippen molar-refractivity contribution >= 4 is 17.2 Å². The van der Waals surface area contributed by atoms with Crippen LogP contribution in [0.4, 0.5) is 0 Å². The number of nitriles is 1. The number of amides is 1. The first kappa shape index (κ1) is 16.7. The lowest BCUT2D eigenvalue weighted by molar-refractivity contribution is 0.0759. The molecule has 1 amide bonds. The zero-order chi connectivity index (χ0) is 17.5. The van der Waals surface area contributed by atoms with Crippen LogP contribution in [0.1, 0.15) is 59.0 Å². The number of aromatic nitrogens is 1. The highest BCUT2D eigenvalue weighted by molar-refractivity contribution is 7.09. The monoisotopic (exact) mass is 339 g/mol. The number of nitrogens with zero attached hydrogens (tertiary/aromatic N) is 3. The largest absolute Gasteiger partial charge is 0.318 e. The molecule has 0 saturated carbocycles. The third kappa shape index (κ3) is 2.94. The summed E-state index contributed by atoms with van der Waals surface area (Å²) in [6.45, 7) is 8.88. The van der Waals surface area contributed by atoms with Crippen molar-refractivity contribution in [2.45, 2.75) is 45.6 Å². The first-order valence-corrected chi connectivity index (χ1v) is 8.95. The highest BCUT2D eigenvalue weighted by Gasteiger charge is 2.37. The number of carbonyl (C=O) groups excluding carboxylic acids is 1. The molecule has 1 aromatic heterocycles. The van der Waals surface area contributed by atoms with Crippen molar-refractivity contribution in [3.8, 4) is 6.07 Å². The summed E-state index contributed by atoms with van der Waals surface area (Å²) in [5.41, 5.74) is 3.63. The van der Waals surface area contributed by atoms with Gasteiger partial charge in [0.2, 0.25) is 0 Å². The van der Waals surface area contributed by atoms with E-state index in [9.17, 15) is 10.1 Å². The van der Waals surface area contributed by atoms with Gasteiger partial charge < -0.3 is 4.90 Å². The van der Waals surface area contributed by atoms with E-state index in [-0.39, 0.29) is 11.3 Å². The Kier molecular flexibility index (Phi) is 4.18. The molecule has 0 aliphatic carbocycles. The van der Waals surface area contributed by atoms with Crippen LogP contribution in [0.15, 0.2) is 23.6 Å². The second kappa shape index (κ2) is 6.03. The molecule has 1 aliphatic rings. The number of rotatable bonds is 3. The molecule has 1 atom stereocenters. The first-order valence-electron chi connectivity index (χ1n) is 8.07. The van der Waals surface area contributed by atoms with Crippen LogP contribution in [-0.2, 0) is 11.8 Å². The predicted octanol–water partition coefficient (Wildman–Crippen LogP) is 4.01. The topological polar surface area (TPSA) is 57.0 Å². The maximum Gasteiger partial charge on any atom is 0.255 e. The van der Waals surface area contributed by atoms with E-state index in [1.165, 1.54) is 0 Å². The maximum atomic E-state index is 12.7. The SMILES string of the molecule is Cc1csc(CCN2C(=O)c3ccc(C(C)(C)C)cc3C2C#N)n1. The molecular formula is C19H21N3OS. The Bertz CT molecular complexity index is 826. The number of hydrogen-bond donors (Lipinski definition) is 0. The van der Waals surface area contributed by atoms with Gasteiger partial charge >= 0.3 is 0 Å². The number of fused-ring (bicyclic) bond motifs is 1. The summed E-state index contributed by atoms with van der Waals surface area (Å²) < 4.78 is 0. The summed E-state index contributed by atoms with van der Waals surface area (Å²) in [6, 6.07) is 7.70. The van der Waals surface area contributed by atoms with Gasteiger partial charge in [-0.2, -0.15) is 5.26 Å². The van der Waals surface area contributed by atoms with Crippen LogP contribution in [-0.4, -0.2) is 22.3 Å². The minimum absolute atomic E-state index is 0.0100. The number of carbonyl (C=O) groups is 1. The quantitative estimate of drug-likeness (QED) is 0.849. The van der Waals surface area contributed by atoms with Gasteiger partial charge in [0.1, 0.15) is 6.04 Å². The Morgan fingerprint density at radius 1 is 1.38 bits per heavy atom. The Labute approximate surface area is 146 Å². The van der Waals surface area contributed by atoms with Gasteiger partial charge in [-0.1, -0.05) is 32.9 Å². The van der Waals surface area contributed by atoms with E-state index in [0.29, 0.717) is 18.5 Å². The lowest BCUT2D eigenvalue weighted by atomic mass is 9.85. The van der Waals surface area contributed by atoms with Crippen LogP contribution in [0.25, 0.3) is 0 Å². The fourth-order valence-electron chi connectivity index (χ4n) is 2.99. The lowest BCUT2D eigenvalue weighted by Crippen LogP contribution is -2.29. The van der Waals surface area contributed by atoms with Gasteiger partial charge in [-0.05, 0) is 24.0 Å². The molecule has 0 spiro atoms. The number of hydrogen-bond acceptors (Lipinski definition) is 4. The fraction of sp³-hybridized carbons (Fsp3) is 0.421. The van der Waals surface area contributed by atoms with Crippen molar-refractivity contribution in [3.05, 3.63) is 51.0 Å². The van der Waals surface area contributed by atoms with E-state index in [4.69, 9.17) is 0 Å². The van der Waals surface area contributed by atoms with Gasteiger partial charge in [0, 0.05) is 35.2 Å². The molecule has 4 nitrogen and oxygen atoms in total. The van der Waals surface area contributed by atoms with Crippen LogP contribution < -0.4 is 0 Å². The molecule has 0 fully saturated rings. The summed E-state index contributed by atoms with van der Waals surface area (Å²) in [5, 5.41) is 12.6. The van der Waals surface area contributed by atoms with Gasteiger partial charge in [0.05, 0.1) is 11.1 Å². The van der Waals surface area contributed by atoms with Crippen molar-refractivity contribution in [1.82, 2.24) is 9.88 Å². The molecule has 0 saturated heterocycles. The summed E-state index contributed by atoms with van der Waals surface area (Å²) >= 11 is 1.60. The summed E-state index contributed by atoms with van der Waals surface area (Å²) in [4.78, 5) is 18.8. The zero-order valence-electron chi connectivity index (χ0n) is 14.5. The number of aryl methyl sites for hydroxylation is 1. The highest BCUT2D eigenvalue weighted by atomic mass is 32.1. The molecule has 124 valence electrons. The van der Waals surface area contributed by atoms with Gasteiger partial charge in [-0.15, -0.1) is 11.3 Å². The Balaban J connectivity index is 1.87. The smallest absolute Gasteiger partial charge is 0.255 e. The maximum absolute atomic E-state index is 12.7. The number of thiazole rings is 1. The van der Waals surface area contributed by atoms with Crippen molar-refractivity contribution < 1.29 is 4.79 Å². The van der Waals surface area contributed by atoms with Gasteiger partial charge in [0.15, 0.2) is 0 Å². The van der Waals surface area contributed by atoms with E-state index in [0.717, 1.165) is 21.8 Å². The molecule has 3 rings (SSSR count). The van der Waals surface area contributed by atoms with Crippen molar-refractivity contribution in [2.24, 2.45) is 0 Å². The molecule has 24 heavy (non-hydrogen) atoms. The Morgan fingerprint density at radius 2 is 2.12 bits per heavy atom. The average molecular weight is 339 g/mol. The van der Waals surface area contributed by atoms with Gasteiger partial charge in [-0.25, -0.2) is 4.98 Å². The van der Waals surface area contributed by atoms with E-state index < -0.39 is 6.04 Å². The third-order valence-electron chi connectivity index (χ3n) is 4.37. The lowest BCUT2D eigenvalue weighted by Gasteiger charge is -2.21. The van der Waals surface area contributed by atoms with Crippen molar-refractivity contribution in [2.75, 3.05) is 6.54 Å². The molecule has 2 aromatic rings. The minimum Gasteiger partial charge on any atom is -0.318 e. The predicted molar refractivity (Wildman–Crippen MR) is 95.1 cm³/mol. The van der Waals surface area contributed by atoms with Gasteiger partial charge in [0.25, 0.3) is 5.91 Å². The van der Waals surface area contributed by atoms with Crippen LogP contribution >= 0.6 is 11.3 Å². The van der Waals surface area contributed by atoms with Crippen LogP contribution in [0.3, 0.4) is 0 Å².